The number of carbonyl (C=O) groups excluding carboxylic acids is 1. The molecular weight excluding hydrogens is 382 g/mol. The van der Waals surface area contributed by atoms with E-state index in [1.807, 2.05) is 62.8 Å². The lowest BCUT2D eigenvalue weighted by atomic mass is 10.1. The van der Waals surface area contributed by atoms with Crippen molar-refractivity contribution >= 4 is 6.03 Å². The van der Waals surface area contributed by atoms with Crippen LogP contribution in [-0.4, -0.2) is 27.9 Å². The number of pyridine rings is 1. The number of aryl methyl sites for hydroxylation is 2. The summed E-state index contributed by atoms with van der Waals surface area (Å²) in [5.41, 5.74) is 3.86. The number of methoxy groups -OCH3 is 1. The SMILES string of the molecule is COc1ccc(Oc2cc(CNC(=O)N[C@@H](C)c3c(C)nn(C)c3C)ccn2)cc1. The van der Waals surface area contributed by atoms with E-state index in [1.54, 1.807) is 19.4 Å². The second kappa shape index (κ2) is 9.30. The van der Waals surface area contributed by atoms with Gasteiger partial charge in [0.2, 0.25) is 5.88 Å². The highest BCUT2D eigenvalue weighted by atomic mass is 16.5. The zero-order valence-corrected chi connectivity index (χ0v) is 17.9. The van der Waals surface area contributed by atoms with Gasteiger partial charge in [-0.05, 0) is 56.7 Å². The molecule has 0 unspecified atom stereocenters. The van der Waals surface area contributed by atoms with Crippen LogP contribution in [0, 0.1) is 13.8 Å². The Labute approximate surface area is 176 Å². The number of ether oxygens (including phenoxy) is 2. The summed E-state index contributed by atoms with van der Waals surface area (Å²) in [5, 5.41) is 10.2. The first-order valence-electron chi connectivity index (χ1n) is 9.68. The fourth-order valence-corrected chi connectivity index (χ4v) is 3.30. The van der Waals surface area contributed by atoms with Gasteiger partial charge in [-0.3, -0.25) is 4.68 Å². The minimum Gasteiger partial charge on any atom is -0.497 e. The number of aromatic nitrogens is 3. The molecule has 0 spiro atoms. The van der Waals surface area contributed by atoms with Gasteiger partial charge in [0.05, 0.1) is 18.8 Å². The third-order valence-corrected chi connectivity index (χ3v) is 4.88. The topological polar surface area (TPSA) is 90.3 Å². The second-order valence-electron chi connectivity index (χ2n) is 7.04. The molecule has 2 amide bonds. The molecular formula is C22H27N5O3. The van der Waals surface area contributed by atoms with Crippen molar-refractivity contribution in [1.82, 2.24) is 25.4 Å². The van der Waals surface area contributed by atoms with E-state index in [1.165, 1.54) is 0 Å². The van der Waals surface area contributed by atoms with Gasteiger partial charge in [-0.1, -0.05) is 0 Å². The normalized spacial score (nSPS) is 11.6. The number of hydrogen-bond acceptors (Lipinski definition) is 5. The molecule has 3 rings (SSSR count). The van der Waals surface area contributed by atoms with Crippen molar-refractivity contribution in [2.75, 3.05) is 7.11 Å². The lowest BCUT2D eigenvalue weighted by molar-refractivity contribution is 0.237. The standard InChI is InChI=1S/C22H27N5O3/c1-14(21-15(2)26-27(4)16(21)3)25-22(28)24-13-17-10-11-23-20(12-17)30-19-8-6-18(29-5)7-9-19/h6-12,14H,13H2,1-5H3,(H2,24,25,28)/t14-/m0/s1. The van der Waals surface area contributed by atoms with Crippen molar-refractivity contribution in [2.45, 2.75) is 33.4 Å². The predicted molar refractivity (Wildman–Crippen MR) is 114 cm³/mol. The summed E-state index contributed by atoms with van der Waals surface area (Å²) >= 11 is 0. The summed E-state index contributed by atoms with van der Waals surface area (Å²) in [5.74, 6) is 1.86. The number of hydrogen-bond donors (Lipinski definition) is 2. The van der Waals surface area contributed by atoms with E-state index < -0.39 is 0 Å². The van der Waals surface area contributed by atoms with Crippen LogP contribution in [-0.2, 0) is 13.6 Å². The van der Waals surface area contributed by atoms with E-state index in [4.69, 9.17) is 9.47 Å². The maximum atomic E-state index is 12.4. The molecule has 1 aromatic carbocycles. The smallest absolute Gasteiger partial charge is 0.315 e. The quantitative estimate of drug-likeness (QED) is 0.620. The molecule has 2 N–H and O–H groups in total. The van der Waals surface area contributed by atoms with E-state index in [2.05, 4.69) is 20.7 Å². The van der Waals surface area contributed by atoms with Crippen molar-refractivity contribution in [3.8, 4) is 17.4 Å². The van der Waals surface area contributed by atoms with E-state index in [9.17, 15) is 4.79 Å². The molecule has 0 fully saturated rings. The first-order chi connectivity index (χ1) is 14.4. The molecule has 0 aliphatic rings. The van der Waals surface area contributed by atoms with Gasteiger partial charge in [-0.25, -0.2) is 9.78 Å². The minimum atomic E-state index is -0.250. The molecule has 0 bridgehead atoms. The lowest BCUT2D eigenvalue weighted by Crippen LogP contribution is -2.37. The molecule has 8 nitrogen and oxygen atoms in total. The Balaban J connectivity index is 1.56. The average Bonchev–Trinajstić information content (AvgIpc) is 2.99. The van der Waals surface area contributed by atoms with Crippen molar-refractivity contribution in [3.63, 3.8) is 0 Å². The van der Waals surface area contributed by atoms with Crippen LogP contribution in [0.25, 0.3) is 0 Å². The van der Waals surface area contributed by atoms with Gasteiger partial charge < -0.3 is 20.1 Å². The summed E-state index contributed by atoms with van der Waals surface area (Å²) in [7, 11) is 3.51. The first kappa shape index (κ1) is 21.2. The Hall–Kier alpha value is -3.55. The van der Waals surface area contributed by atoms with Crippen LogP contribution in [0.15, 0.2) is 42.6 Å². The van der Waals surface area contributed by atoms with Crippen LogP contribution in [0.3, 0.4) is 0 Å². The summed E-state index contributed by atoms with van der Waals surface area (Å²) in [6.07, 6.45) is 1.65. The van der Waals surface area contributed by atoms with Gasteiger partial charge in [-0.2, -0.15) is 5.10 Å². The molecule has 0 radical (unpaired) electrons. The molecule has 8 heteroatoms. The highest BCUT2D eigenvalue weighted by Gasteiger charge is 2.18. The van der Waals surface area contributed by atoms with E-state index >= 15 is 0 Å². The van der Waals surface area contributed by atoms with Crippen molar-refractivity contribution < 1.29 is 14.3 Å². The summed E-state index contributed by atoms with van der Waals surface area (Å²) in [6.45, 7) is 6.24. The number of carbonyl (C=O) groups is 1. The maximum Gasteiger partial charge on any atom is 0.315 e. The molecule has 0 aliphatic carbocycles. The van der Waals surface area contributed by atoms with Crippen molar-refractivity contribution in [3.05, 3.63) is 65.1 Å². The van der Waals surface area contributed by atoms with Crippen molar-refractivity contribution in [2.24, 2.45) is 7.05 Å². The number of amides is 2. The van der Waals surface area contributed by atoms with Crippen LogP contribution in [0.1, 0.15) is 35.5 Å². The predicted octanol–water partition coefficient (Wildman–Crippen LogP) is 3.79. The largest absolute Gasteiger partial charge is 0.497 e. The van der Waals surface area contributed by atoms with Crippen molar-refractivity contribution in [1.29, 1.82) is 0 Å². The summed E-state index contributed by atoms with van der Waals surface area (Å²) in [4.78, 5) is 16.6. The molecule has 2 aromatic heterocycles. The molecule has 1 atom stereocenters. The Bertz CT molecular complexity index is 1010. The molecule has 2 heterocycles. The molecule has 0 saturated heterocycles. The third kappa shape index (κ3) is 5.08. The molecule has 3 aromatic rings. The number of rotatable bonds is 7. The highest BCUT2D eigenvalue weighted by Crippen LogP contribution is 2.23. The molecule has 0 aliphatic heterocycles. The van der Waals surface area contributed by atoms with Crippen LogP contribution in [0.2, 0.25) is 0 Å². The van der Waals surface area contributed by atoms with Gasteiger partial charge in [0.1, 0.15) is 11.5 Å². The molecule has 30 heavy (non-hydrogen) atoms. The maximum absolute atomic E-state index is 12.4. The monoisotopic (exact) mass is 409 g/mol. The van der Waals surface area contributed by atoms with Crippen LogP contribution in [0.5, 0.6) is 17.4 Å². The second-order valence-corrected chi connectivity index (χ2v) is 7.04. The van der Waals surface area contributed by atoms with Crippen LogP contribution >= 0.6 is 0 Å². The molecule has 158 valence electrons. The number of benzene rings is 1. The Kier molecular flexibility index (Phi) is 6.56. The fourth-order valence-electron chi connectivity index (χ4n) is 3.30. The number of nitrogens with zero attached hydrogens (tertiary/aromatic N) is 3. The Morgan fingerprint density at radius 1 is 1.17 bits per heavy atom. The Morgan fingerprint density at radius 3 is 2.50 bits per heavy atom. The van der Waals surface area contributed by atoms with E-state index in [0.717, 1.165) is 28.3 Å². The third-order valence-electron chi connectivity index (χ3n) is 4.88. The number of nitrogens with one attached hydrogen (secondary N) is 2. The Morgan fingerprint density at radius 2 is 1.87 bits per heavy atom. The van der Waals surface area contributed by atoms with Gasteiger partial charge in [0.15, 0.2) is 0 Å². The first-order valence-corrected chi connectivity index (χ1v) is 9.68. The van der Waals surface area contributed by atoms with Gasteiger partial charge in [0, 0.05) is 37.1 Å². The van der Waals surface area contributed by atoms with Gasteiger partial charge in [0.25, 0.3) is 0 Å². The van der Waals surface area contributed by atoms with Crippen LogP contribution < -0.4 is 20.1 Å². The van der Waals surface area contributed by atoms with Gasteiger partial charge >= 0.3 is 6.03 Å². The zero-order valence-electron chi connectivity index (χ0n) is 17.9. The average molecular weight is 409 g/mol. The fraction of sp³-hybridized carbons (Fsp3) is 0.318. The molecule has 0 saturated carbocycles. The number of urea groups is 1. The lowest BCUT2D eigenvalue weighted by Gasteiger charge is -2.16. The summed E-state index contributed by atoms with van der Waals surface area (Å²) < 4.78 is 12.7. The van der Waals surface area contributed by atoms with E-state index in [-0.39, 0.29) is 12.1 Å². The minimum absolute atomic E-state index is 0.148. The highest BCUT2D eigenvalue weighted by molar-refractivity contribution is 5.74. The summed E-state index contributed by atoms with van der Waals surface area (Å²) in [6, 6.07) is 10.5. The van der Waals surface area contributed by atoms with E-state index in [0.29, 0.717) is 18.2 Å². The van der Waals surface area contributed by atoms with Gasteiger partial charge in [-0.15, -0.1) is 0 Å². The zero-order chi connectivity index (χ0) is 21.7. The van der Waals surface area contributed by atoms with Crippen LogP contribution in [0.4, 0.5) is 4.79 Å².